The normalized spacial score (nSPS) is 14.5. The first-order valence-electron chi connectivity index (χ1n) is 48.3. The van der Waals surface area contributed by atoms with Crippen LogP contribution in [-0.4, -0.2) is 30.8 Å². The zero-order valence-electron chi connectivity index (χ0n) is 84.7. The fourth-order valence-corrected chi connectivity index (χ4v) is 18.4. The molecule has 14 aromatic carbocycles. The van der Waals surface area contributed by atoms with Crippen LogP contribution in [0.4, 0.5) is 34.1 Å². The smallest absolute Gasteiger partial charge is 0.252 e. The Kier molecular flexibility index (Phi) is 16.3. The van der Waals surface area contributed by atoms with Crippen LogP contribution in [0.5, 0.6) is 0 Å². The topological polar surface area (TPSA) is 55.0 Å². The zero-order chi connectivity index (χ0) is 94.8. The van der Waals surface area contributed by atoms with E-state index in [4.69, 9.17) is 17.7 Å². The molecule has 123 heavy (non-hydrogen) atoms. The van der Waals surface area contributed by atoms with Gasteiger partial charge in [-0.15, -0.1) is 0 Å². The Morgan fingerprint density at radius 3 is 0.846 bits per heavy atom. The van der Waals surface area contributed by atoms with E-state index in [0.29, 0.717) is 11.3 Å². The van der Waals surface area contributed by atoms with E-state index in [1.807, 2.05) is 18.2 Å². The van der Waals surface area contributed by atoms with Gasteiger partial charge in [0.25, 0.3) is 6.71 Å². The Morgan fingerprint density at radius 1 is 0.252 bits per heavy atom. The lowest BCUT2D eigenvalue weighted by atomic mass is 9.33. The molecule has 0 saturated carbocycles. The summed E-state index contributed by atoms with van der Waals surface area (Å²) < 4.78 is 98.5. The van der Waals surface area contributed by atoms with Crippen molar-refractivity contribution in [3.05, 3.63) is 336 Å². The molecule has 0 radical (unpaired) electrons. The number of nitrogens with zero attached hydrogens (tertiary/aromatic N) is 7. The Labute approximate surface area is 742 Å². The number of rotatable bonds is 10. The van der Waals surface area contributed by atoms with Crippen molar-refractivity contribution in [2.24, 2.45) is 0 Å². The summed E-state index contributed by atoms with van der Waals surface area (Å²) in [6, 6.07) is 81.9. The zero-order valence-corrected chi connectivity index (χ0v) is 74.7. The molecule has 0 bridgehead atoms. The summed E-state index contributed by atoms with van der Waals surface area (Å²) in [5.74, 6) is -0.824. The van der Waals surface area contributed by atoms with Crippen molar-refractivity contribution in [3.63, 3.8) is 0 Å². The van der Waals surface area contributed by atoms with E-state index in [9.17, 15) is 11.0 Å². The lowest BCUT2D eigenvalue weighted by molar-refractivity contribution is 0.590. The van der Waals surface area contributed by atoms with Crippen molar-refractivity contribution in [1.29, 1.82) is 0 Å². The van der Waals surface area contributed by atoms with Gasteiger partial charge in [0.15, 0.2) is 17.5 Å². The van der Waals surface area contributed by atoms with Crippen molar-refractivity contribution in [1.82, 2.24) is 24.1 Å². The molecule has 0 saturated heterocycles. The standard InChI is InChI=1S/C115H112BN7/c1-109(2,3)76-47-55-95-88(59-76)89-60-77(110(4,5)6)48-56-96(89)120(95)83-51-53-93-99(69-83)122(104-85(71-37-27-22-28-38-71)63-80(113(13,14)15)64-86(104)72-39-29-23-30-40-72)101-67-82(115(19,20)21)68-102-103(101)116(93)94-54-52-84(121-97-57-49-78(111(7,8)9)61-90(97)91-62-79(112(10,11)12)50-58-98(91)121)70-100(94)123(102)105-87(73-41-31-24-32-42-73)65-81(114(16,17)18)66-92(105)108-118-106(74-43-33-25-34-44-74)117-107(119-108)75-45-35-26-36-46-75/h22-70H,1-21H3/i25D,26D,33D,34D,35D,36D,43D,44D,45D,46D. The molecule has 2 aliphatic heterocycles. The third-order valence-corrected chi connectivity index (χ3v) is 25.4. The maximum absolute atomic E-state index is 9.73. The minimum Gasteiger partial charge on any atom is -0.310 e. The molecule has 19 rings (SSSR count). The highest BCUT2D eigenvalue weighted by Gasteiger charge is 2.47. The van der Waals surface area contributed by atoms with E-state index < -0.39 is 78.0 Å². The van der Waals surface area contributed by atoms with Gasteiger partial charge in [-0.25, -0.2) is 15.0 Å². The first-order chi connectivity index (χ1) is 62.6. The van der Waals surface area contributed by atoms with E-state index in [2.05, 4.69) is 383 Å². The van der Waals surface area contributed by atoms with E-state index >= 15 is 0 Å². The van der Waals surface area contributed by atoms with Crippen molar-refractivity contribution in [2.75, 3.05) is 9.80 Å². The largest absolute Gasteiger partial charge is 0.310 e. The summed E-state index contributed by atoms with van der Waals surface area (Å²) >= 11 is 0. The van der Waals surface area contributed by atoms with Gasteiger partial charge in [-0.05, 0) is 219 Å². The average molecular weight is 1610 g/mol. The number of fused-ring (bicyclic) bond motifs is 10. The molecule has 5 heterocycles. The number of aromatic nitrogens is 5. The maximum Gasteiger partial charge on any atom is 0.252 e. The molecule has 0 atom stereocenters. The van der Waals surface area contributed by atoms with Crippen LogP contribution in [0, 0.1) is 0 Å². The lowest BCUT2D eigenvalue weighted by Gasteiger charge is -2.46. The summed E-state index contributed by atoms with van der Waals surface area (Å²) in [6.45, 7) is 46.9. The first-order valence-corrected chi connectivity index (χ1v) is 43.3. The van der Waals surface area contributed by atoms with Gasteiger partial charge in [-0.3, -0.25) is 0 Å². The van der Waals surface area contributed by atoms with Crippen LogP contribution in [0.15, 0.2) is 297 Å². The first kappa shape index (κ1) is 68.9. The highest BCUT2D eigenvalue weighted by Crippen LogP contribution is 2.56. The van der Waals surface area contributed by atoms with Gasteiger partial charge >= 0.3 is 0 Å². The summed E-state index contributed by atoms with van der Waals surface area (Å²) in [7, 11) is 0. The average Bonchev–Trinajstić information content (AvgIpc) is 1.54. The van der Waals surface area contributed by atoms with Crippen LogP contribution >= 0.6 is 0 Å². The van der Waals surface area contributed by atoms with Crippen LogP contribution in [0.1, 0.15) is 198 Å². The van der Waals surface area contributed by atoms with E-state index in [1.165, 1.54) is 33.0 Å². The van der Waals surface area contributed by atoms with Crippen LogP contribution in [0.3, 0.4) is 0 Å². The molecular formula is C115H112BN7. The third-order valence-electron chi connectivity index (χ3n) is 25.4. The molecule has 8 heteroatoms. The van der Waals surface area contributed by atoms with Gasteiger partial charge in [0.2, 0.25) is 0 Å². The highest BCUT2D eigenvalue weighted by atomic mass is 15.2. The predicted octanol–water partition coefficient (Wildman–Crippen LogP) is 29.2. The monoisotopic (exact) mass is 1610 g/mol. The van der Waals surface area contributed by atoms with E-state index in [1.54, 1.807) is 0 Å². The summed E-state index contributed by atoms with van der Waals surface area (Å²) in [6.07, 6.45) is 0. The van der Waals surface area contributed by atoms with Gasteiger partial charge in [0.1, 0.15) is 0 Å². The quantitative estimate of drug-likeness (QED) is 0.128. The molecule has 0 spiro atoms. The van der Waals surface area contributed by atoms with Crippen molar-refractivity contribution in [2.45, 2.75) is 183 Å². The second kappa shape index (κ2) is 29.0. The van der Waals surface area contributed by atoms with Gasteiger partial charge in [0.05, 0.1) is 47.1 Å². The number of hydrogen-bond donors (Lipinski definition) is 0. The summed E-state index contributed by atoms with van der Waals surface area (Å²) in [5.41, 5.74) is 25.0. The molecule has 610 valence electrons. The molecule has 3 aromatic heterocycles. The maximum atomic E-state index is 9.73. The Bertz CT molecular complexity index is 7390. The minimum atomic E-state index is -0.643. The molecule has 0 aliphatic carbocycles. The molecule has 2 aliphatic rings. The Balaban J connectivity index is 1.03. The van der Waals surface area contributed by atoms with Gasteiger partial charge in [-0.2, -0.15) is 0 Å². The van der Waals surface area contributed by atoms with Crippen LogP contribution < -0.4 is 26.2 Å². The van der Waals surface area contributed by atoms with E-state index in [0.717, 1.165) is 139 Å². The van der Waals surface area contributed by atoms with Crippen LogP contribution in [0.2, 0.25) is 0 Å². The highest BCUT2D eigenvalue weighted by molar-refractivity contribution is 7.00. The molecule has 0 fully saturated rings. The van der Waals surface area contributed by atoms with Gasteiger partial charge in [-0.1, -0.05) is 333 Å². The SMILES string of the molecule is [2H]c1c([2H])c([2H])c(-c2nc(-c3cc(C(C)(C)C)cc(-c4ccccc4)c3N3c4cc(-n5c6ccc(C(C)(C)C)cc6c6cc(C(C)(C)C)ccc65)ccc4B4c5ccc(-n6c7ccc(C(C)(C)C)cc7c7cc(C(C)(C)C)ccc76)cc5N(c5c(-c6ccccc6)cc(C(C)(C)C)cc5-c5ccccc5)c5cc(C(C)(C)C)cc3c54)nc(-c3c([2H])c([2H])c([2H])c([2H])c3[2H])n2)c([2H])c1[2H]. The summed E-state index contributed by atoms with van der Waals surface area (Å²) in [5, 5.41) is 4.57. The predicted molar refractivity (Wildman–Crippen MR) is 526 cm³/mol. The molecule has 0 unspecified atom stereocenters. The fraction of sp³-hybridized carbons (Fsp3) is 0.243. The van der Waals surface area contributed by atoms with Gasteiger partial charge in [0, 0.05) is 89.0 Å². The Morgan fingerprint density at radius 2 is 0.537 bits per heavy atom. The molecule has 17 aromatic rings. The number of anilines is 6. The fourth-order valence-electron chi connectivity index (χ4n) is 18.4. The van der Waals surface area contributed by atoms with Crippen LogP contribution in [0.25, 0.3) is 123 Å². The minimum absolute atomic E-state index is 0.0722. The number of hydrogen-bond acceptors (Lipinski definition) is 5. The second-order valence-corrected chi connectivity index (χ2v) is 41.1. The van der Waals surface area contributed by atoms with Crippen LogP contribution in [-0.2, 0) is 37.9 Å². The second-order valence-electron chi connectivity index (χ2n) is 41.1. The summed E-state index contributed by atoms with van der Waals surface area (Å²) in [4.78, 5) is 20.9. The van der Waals surface area contributed by atoms with E-state index in [-0.39, 0.29) is 55.7 Å². The third kappa shape index (κ3) is 14.1. The molecule has 0 N–H and O–H groups in total. The van der Waals surface area contributed by atoms with Crippen molar-refractivity contribution >= 4 is 101 Å². The lowest BCUT2D eigenvalue weighted by Crippen LogP contribution is -2.61. The van der Waals surface area contributed by atoms with Crippen molar-refractivity contribution in [3.8, 4) is 78.9 Å². The van der Waals surface area contributed by atoms with Crippen molar-refractivity contribution < 1.29 is 13.7 Å². The molecule has 0 amide bonds. The molecular weight excluding hydrogens is 1490 g/mol. The Hall–Kier alpha value is -12.6. The van der Waals surface area contributed by atoms with Gasteiger partial charge < -0.3 is 18.9 Å². The molecule has 7 nitrogen and oxygen atoms in total. The number of benzene rings is 14.